The number of hydrogen-bond donors (Lipinski definition) is 0. The molecule has 0 amide bonds. The van der Waals surface area contributed by atoms with Gasteiger partial charge in [0.1, 0.15) is 0 Å². The number of rotatable bonds is 1. The topological polar surface area (TPSA) is 17.2 Å². The van der Waals surface area contributed by atoms with E-state index in [1.807, 2.05) is 19.1 Å². The molecule has 0 saturated heterocycles. The van der Waals surface area contributed by atoms with Crippen LogP contribution in [0.1, 0.15) is 18.5 Å². The van der Waals surface area contributed by atoms with Gasteiger partial charge in [0.05, 0.1) is 5.56 Å². The van der Waals surface area contributed by atoms with Crippen LogP contribution >= 0.6 is 0 Å². The number of aromatic nitrogens is 1. The molecule has 0 saturated carbocycles. The summed E-state index contributed by atoms with van der Waals surface area (Å²) in [5, 5.41) is 0. The Morgan fingerprint density at radius 3 is 3.00 bits per heavy atom. The van der Waals surface area contributed by atoms with Gasteiger partial charge in [0.25, 0.3) is 0 Å². The molecule has 1 aromatic rings. The maximum Gasteiger partial charge on any atom is 0.247 e. The lowest BCUT2D eigenvalue weighted by atomic mass is 10.2. The zero-order valence-corrected chi connectivity index (χ0v) is 5.78. The van der Waals surface area contributed by atoms with Crippen LogP contribution in [0.15, 0.2) is 24.5 Å². The predicted molar refractivity (Wildman–Crippen MR) is 39.3 cm³/mol. The van der Waals surface area contributed by atoms with Gasteiger partial charge in [-0.1, -0.05) is 0 Å². The first-order valence-electron chi connectivity index (χ1n) is 3.11. The summed E-state index contributed by atoms with van der Waals surface area (Å²) in [4.78, 5) is 7.28. The van der Waals surface area contributed by atoms with Crippen molar-refractivity contribution in [1.82, 2.24) is 4.98 Å². The first-order valence-corrected chi connectivity index (χ1v) is 3.11. The van der Waals surface area contributed by atoms with Crippen molar-refractivity contribution in [3.8, 4) is 0 Å². The molecule has 0 fully saturated rings. The molecule has 0 aliphatic heterocycles. The summed E-state index contributed by atoms with van der Waals surface area (Å²) in [6.45, 7) is 8.61. The molecule has 0 aliphatic rings. The first-order chi connectivity index (χ1) is 4.84. The molecule has 0 spiro atoms. The summed E-state index contributed by atoms with van der Waals surface area (Å²) in [5.74, 6) is 0. The van der Waals surface area contributed by atoms with E-state index in [0.717, 1.165) is 5.56 Å². The molecule has 1 rings (SSSR count). The van der Waals surface area contributed by atoms with Crippen LogP contribution in [-0.4, -0.2) is 4.98 Å². The molecule has 2 nitrogen and oxygen atoms in total. The highest BCUT2D eigenvalue weighted by Crippen LogP contribution is 2.13. The summed E-state index contributed by atoms with van der Waals surface area (Å²) in [5.41, 5.74) is 0.984. The van der Waals surface area contributed by atoms with Gasteiger partial charge in [-0.15, -0.1) is 0 Å². The number of nitrogens with zero attached hydrogens (tertiary/aromatic N) is 2. The van der Waals surface area contributed by atoms with Gasteiger partial charge in [0.15, 0.2) is 0 Å². The van der Waals surface area contributed by atoms with Gasteiger partial charge >= 0.3 is 0 Å². The van der Waals surface area contributed by atoms with Crippen LogP contribution in [0.2, 0.25) is 0 Å². The fraction of sp³-hybridized carbons (Fsp3) is 0.250. The maximum absolute atomic E-state index is 6.74. The van der Waals surface area contributed by atoms with Crippen LogP contribution in [0.4, 0.5) is 0 Å². The lowest BCUT2D eigenvalue weighted by molar-refractivity contribution is 0.948. The third-order valence-electron chi connectivity index (χ3n) is 1.36. The lowest BCUT2D eigenvalue weighted by Gasteiger charge is -1.95. The van der Waals surface area contributed by atoms with Crippen LogP contribution in [0.3, 0.4) is 0 Å². The fourth-order valence-electron chi connectivity index (χ4n) is 0.698. The quantitative estimate of drug-likeness (QED) is 0.534. The molecule has 2 heteroatoms. The average Bonchev–Trinajstić information content (AvgIpc) is 2.05. The minimum Gasteiger partial charge on any atom is -0.309 e. The Balaban J connectivity index is 2.88. The first kappa shape index (κ1) is 6.76. The zero-order valence-electron chi connectivity index (χ0n) is 5.78. The summed E-state index contributed by atoms with van der Waals surface area (Å²) in [6, 6.07) is 3.70. The van der Waals surface area contributed by atoms with Crippen molar-refractivity contribution >= 4 is 0 Å². The maximum atomic E-state index is 6.74. The molecule has 1 aromatic heterocycles. The highest BCUT2D eigenvalue weighted by molar-refractivity contribution is 5.15. The molecule has 0 aromatic carbocycles. The van der Waals surface area contributed by atoms with Crippen LogP contribution in [0, 0.1) is 6.57 Å². The highest BCUT2D eigenvalue weighted by atomic mass is 14.7. The molecule has 50 valence electrons. The van der Waals surface area contributed by atoms with Gasteiger partial charge in [-0.2, -0.15) is 0 Å². The highest BCUT2D eigenvalue weighted by Gasteiger charge is 2.05. The van der Waals surface area contributed by atoms with Gasteiger partial charge in [-0.3, -0.25) is 4.98 Å². The van der Waals surface area contributed by atoms with Gasteiger partial charge < -0.3 is 4.85 Å². The minimum absolute atomic E-state index is 0.0614. The van der Waals surface area contributed by atoms with Gasteiger partial charge in [-0.25, -0.2) is 6.57 Å². The van der Waals surface area contributed by atoms with E-state index in [1.54, 1.807) is 12.4 Å². The Labute approximate surface area is 60.3 Å². The molecule has 1 unspecified atom stereocenters. The second-order valence-electron chi connectivity index (χ2n) is 2.09. The second-order valence-corrected chi connectivity index (χ2v) is 2.09. The largest absolute Gasteiger partial charge is 0.309 e. The molecule has 1 heterocycles. The summed E-state index contributed by atoms with van der Waals surface area (Å²) < 4.78 is 0. The van der Waals surface area contributed by atoms with E-state index >= 15 is 0 Å². The molecule has 1 atom stereocenters. The Bertz CT molecular complexity index is 235. The van der Waals surface area contributed by atoms with E-state index in [0.29, 0.717) is 0 Å². The van der Waals surface area contributed by atoms with Crippen LogP contribution in [-0.2, 0) is 0 Å². The smallest absolute Gasteiger partial charge is 0.247 e. The van der Waals surface area contributed by atoms with Crippen molar-refractivity contribution in [3.05, 3.63) is 41.5 Å². The zero-order chi connectivity index (χ0) is 7.40. The monoisotopic (exact) mass is 132 g/mol. The third-order valence-corrected chi connectivity index (χ3v) is 1.36. The molecule has 0 N–H and O–H groups in total. The molecule has 0 bridgehead atoms. The fourth-order valence-corrected chi connectivity index (χ4v) is 0.698. The van der Waals surface area contributed by atoms with E-state index in [2.05, 4.69) is 9.83 Å². The van der Waals surface area contributed by atoms with Crippen molar-refractivity contribution in [1.29, 1.82) is 0 Å². The van der Waals surface area contributed by atoms with Crippen molar-refractivity contribution in [2.75, 3.05) is 0 Å². The summed E-state index contributed by atoms with van der Waals surface area (Å²) in [6.07, 6.45) is 3.43. The van der Waals surface area contributed by atoms with Crippen molar-refractivity contribution < 1.29 is 0 Å². The van der Waals surface area contributed by atoms with E-state index < -0.39 is 0 Å². The van der Waals surface area contributed by atoms with Crippen molar-refractivity contribution in [2.45, 2.75) is 13.0 Å². The second kappa shape index (κ2) is 2.98. The van der Waals surface area contributed by atoms with Gasteiger partial charge in [0, 0.05) is 19.3 Å². The SMILES string of the molecule is [C-]#[N+]C(C)c1cccnc1. The number of pyridine rings is 1. The Morgan fingerprint density at radius 1 is 1.70 bits per heavy atom. The Kier molecular flexibility index (Phi) is 2.01. The average molecular weight is 132 g/mol. The molecule has 10 heavy (non-hydrogen) atoms. The van der Waals surface area contributed by atoms with Crippen LogP contribution in [0.5, 0.6) is 0 Å². The molecular formula is C8H8N2. The minimum atomic E-state index is -0.0614. The van der Waals surface area contributed by atoms with E-state index in [4.69, 9.17) is 6.57 Å². The molecule has 0 radical (unpaired) electrons. The van der Waals surface area contributed by atoms with E-state index in [-0.39, 0.29) is 6.04 Å². The van der Waals surface area contributed by atoms with E-state index in [1.165, 1.54) is 0 Å². The summed E-state index contributed by atoms with van der Waals surface area (Å²) in [7, 11) is 0. The standard InChI is InChI=1S/C8H8N2/c1-7(9-2)8-4-3-5-10-6-8/h3-7H,1H3. The van der Waals surface area contributed by atoms with Crippen molar-refractivity contribution in [3.63, 3.8) is 0 Å². The lowest BCUT2D eigenvalue weighted by Crippen LogP contribution is -1.85. The van der Waals surface area contributed by atoms with Gasteiger partial charge in [-0.05, 0) is 12.1 Å². The number of hydrogen-bond acceptors (Lipinski definition) is 1. The van der Waals surface area contributed by atoms with Crippen LogP contribution < -0.4 is 0 Å². The normalized spacial score (nSPS) is 12.0. The third kappa shape index (κ3) is 1.32. The summed E-state index contributed by atoms with van der Waals surface area (Å²) >= 11 is 0. The Morgan fingerprint density at radius 2 is 2.50 bits per heavy atom. The van der Waals surface area contributed by atoms with Gasteiger partial charge in [0.2, 0.25) is 6.04 Å². The predicted octanol–water partition coefficient (Wildman–Crippen LogP) is 2.06. The van der Waals surface area contributed by atoms with Crippen molar-refractivity contribution in [2.24, 2.45) is 0 Å². The Hall–Kier alpha value is -1.36. The molecular weight excluding hydrogens is 124 g/mol. The van der Waals surface area contributed by atoms with Crippen LogP contribution in [0.25, 0.3) is 4.85 Å². The van der Waals surface area contributed by atoms with E-state index in [9.17, 15) is 0 Å². The molecule has 0 aliphatic carbocycles.